The maximum atomic E-state index is 5.07. The van der Waals surface area contributed by atoms with Crippen LogP contribution in [0.5, 0.6) is 0 Å². The highest BCUT2D eigenvalue weighted by atomic mass is 32.1. The molecule has 0 aliphatic heterocycles. The number of benzene rings is 1. The molecule has 0 saturated heterocycles. The molecular formula is C13H16N2OS. The first-order valence-corrected chi connectivity index (χ1v) is 6.43. The van der Waals surface area contributed by atoms with E-state index in [0.717, 1.165) is 11.4 Å². The van der Waals surface area contributed by atoms with E-state index in [-0.39, 0.29) is 6.04 Å². The fourth-order valence-corrected chi connectivity index (χ4v) is 2.40. The van der Waals surface area contributed by atoms with Gasteiger partial charge in [-0.2, -0.15) is 0 Å². The standard InChI is InChI=1S/C13H16N2OS/c1-16-10-15-12(13-14-7-8-17-13)9-11-5-3-2-4-6-11/h2-8,12,15H,9-10H2,1H3/t12-/m0/s1. The highest BCUT2D eigenvalue weighted by Crippen LogP contribution is 2.20. The van der Waals surface area contributed by atoms with Crippen molar-refractivity contribution in [3.8, 4) is 0 Å². The maximum absolute atomic E-state index is 5.07. The summed E-state index contributed by atoms with van der Waals surface area (Å²) in [7, 11) is 1.69. The summed E-state index contributed by atoms with van der Waals surface area (Å²) in [5, 5.41) is 6.45. The van der Waals surface area contributed by atoms with Crippen LogP contribution in [-0.4, -0.2) is 18.8 Å². The predicted molar refractivity (Wildman–Crippen MR) is 70.0 cm³/mol. The third kappa shape index (κ3) is 3.63. The number of rotatable bonds is 6. The molecule has 1 heterocycles. The van der Waals surface area contributed by atoms with Gasteiger partial charge in [-0.25, -0.2) is 4.98 Å². The third-order valence-corrected chi connectivity index (χ3v) is 3.40. The lowest BCUT2D eigenvalue weighted by Gasteiger charge is -2.15. The molecule has 1 aromatic heterocycles. The molecule has 17 heavy (non-hydrogen) atoms. The molecule has 3 nitrogen and oxygen atoms in total. The number of methoxy groups -OCH3 is 1. The van der Waals surface area contributed by atoms with E-state index in [0.29, 0.717) is 6.73 Å². The molecule has 0 spiro atoms. The summed E-state index contributed by atoms with van der Waals surface area (Å²) in [5.74, 6) is 0. The third-order valence-electron chi connectivity index (χ3n) is 2.51. The van der Waals surface area contributed by atoms with Crippen molar-refractivity contribution in [2.45, 2.75) is 12.5 Å². The Morgan fingerprint density at radius 2 is 2.18 bits per heavy atom. The molecule has 0 amide bonds. The van der Waals surface area contributed by atoms with Gasteiger partial charge in [-0.05, 0) is 12.0 Å². The summed E-state index contributed by atoms with van der Waals surface area (Å²) in [4.78, 5) is 4.37. The molecular weight excluding hydrogens is 232 g/mol. The van der Waals surface area contributed by atoms with Gasteiger partial charge in [0.05, 0.1) is 12.8 Å². The van der Waals surface area contributed by atoms with Crippen molar-refractivity contribution in [1.82, 2.24) is 10.3 Å². The summed E-state index contributed by atoms with van der Waals surface area (Å²) < 4.78 is 5.07. The van der Waals surface area contributed by atoms with Crippen molar-refractivity contribution in [2.24, 2.45) is 0 Å². The normalized spacial score (nSPS) is 12.5. The average Bonchev–Trinajstić information content (AvgIpc) is 2.89. The van der Waals surface area contributed by atoms with Gasteiger partial charge in [-0.15, -0.1) is 11.3 Å². The second kappa shape index (κ2) is 6.49. The van der Waals surface area contributed by atoms with Crippen LogP contribution < -0.4 is 5.32 Å². The van der Waals surface area contributed by atoms with E-state index < -0.39 is 0 Å². The topological polar surface area (TPSA) is 34.1 Å². The molecule has 0 fully saturated rings. The number of aromatic nitrogens is 1. The van der Waals surface area contributed by atoms with Crippen LogP contribution in [0.2, 0.25) is 0 Å². The van der Waals surface area contributed by atoms with Crippen LogP contribution in [0.3, 0.4) is 0 Å². The molecule has 0 bridgehead atoms. The number of nitrogens with zero attached hydrogens (tertiary/aromatic N) is 1. The second-order valence-electron chi connectivity index (χ2n) is 3.75. The Morgan fingerprint density at radius 3 is 2.82 bits per heavy atom. The van der Waals surface area contributed by atoms with Crippen LogP contribution in [0.1, 0.15) is 16.6 Å². The van der Waals surface area contributed by atoms with E-state index in [4.69, 9.17) is 4.74 Å². The largest absolute Gasteiger partial charge is 0.370 e. The van der Waals surface area contributed by atoms with Crippen LogP contribution in [0.25, 0.3) is 0 Å². The van der Waals surface area contributed by atoms with Crippen LogP contribution >= 0.6 is 11.3 Å². The van der Waals surface area contributed by atoms with Gasteiger partial charge in [0.15, 0.2) is 0 Å². The smallest absolute Gasteiger partial charge is 0.110 e. The monoisotopic (exact) mass is 248 g/mol. The predicted octanol–water partition coefficient (Wildman–Crippen LogP) is 2.62. The van der Waals surface area contributed by atoms with Crippen LogP contribution in [0, 0.1) is 0 Å². The van der Waals surface area contributed by atoms with E-state index in [1.165, 1.54) is 5.56 Å². The number of nitrogens with one attached hydrogen (secondary N) is 1. The van der Waals surface area contributed by atoms with Crippen molar-refractivity contribution in [3.05, 3.63) is 52.5 Å². The number of thiazole rings is 1. The Kier molecular flexibility index (Phi) is 4.67. The summed E-state index contributed by atoms with van der Waals surface area (Å²) >= 11 is 1.67. The SMILES string of the molecule is COCN[C@@H](Cc1ccccc1)c1nccs1. The molecule has 1 atom stereocenters. The Hall–Kier alpha value is -1.23. The Labute approximate surface area is 105 Å². The van der Waals surface area contributed by atoms with Crippen LogP contribution in [0.15, 0.2) is 41.9 Å². The minimum absolute atomic E-state index is 0.220. The first-order valence-electron chi connectivity index (χ1n) is 5.56. The van der Waals surface area contributed by atoms with Gasteiger partial charge >= 0.3 is 0 Å². The molecule has 90 valence electrons. The minimum atomic E-state index is 0.220. The van der Waals surface area contributed by atoms with Gasteiger partial charge in [0.25, 0.3) is 0 Å². The van der Waals surface area contributed by atoms with Gasteiger partial charge in [-0.3, -0.25) is 5.32 Å². The molecule has 4 heteroatoms. The lowest BCUT2D eigenvalue weighted by molar-refractivity contribution is 0.163. The first-order chi connectivity index (χ1) is 8.40. The second-order valence-corrected chi connectivity index (χ2v) is 4.68. The van der Waals surface area contributed by atoms with E-state index in [2.05, 4.69) is 34.6 Å². The van der Waals surface area contributed by atoms with E-state index in [9.17, 15) is 0 Å². The fraction of sp³-hybridized carbons (Fsp3) is 0.308. The van der Waals surface area contributed by atoms with Crippen molar-refractivity contribution in [3.63, 3.8) is 0 Å². The summed E-state index contributed by atoms with van der Waals surface area (Å²) in [6.07, 6.45) is 2.77. The maximum Gasteiger partial charge on any atom is 0.110 e. The Balaban J connectivity index is 2.06. The van der Waals surface area contributed by atoms with E-state index >= 15 is 0 Å². The molecule has 1 aromatic carbocycles. The van der Waals surface area contributed by atoms with E-state index in [1.54, 1.807) is 18.4 Å². The zero-order valence-electron chi connectivity index (χ0n) is 9.80. The quantitative estimate of drug-likeness (QED) is 0.798. The van der Waals surface area contributed by atoms with E-state index in [1.807, 2.05) is 17.6 Å². The molecule has 2 aromatic rings. The van der Waals surface area contributed by atoms with Crippen LogP contribution in [-0.2, 0) is 11.2 Å². The van der Waals surface area contributed by atoms with Crippen LogP contribution in [0.4, 0.5) is 0 Å². The van der Waals surface area contributed by atoms with Crippen molar-refractivity contribution in [1.29, 1.82) is 0 Å². The van der Waals surface area contributed by atoms with Gasteiger partial charge in [-0.1, -0.05) is 30.3 Å². The minimum Gasteiger partial charge on any atom is -0.370 e. The van der Waals surface area contributed by atoms with Gasteiger partial charge in [0.1, 0.15) is 5.01 Å². The van der Waals surface area contributed by atoms with Gasteiger partial charge in [0.2, 0.25) is 0 Å². The Bertz CT molecular complexity index is 416. The zero-order chi connectivity index (χ0) is 11.9. The summed E-state index contributed by atoms with van der Waals surface area (Å²) in [5.41, 5.74) is 1.30. The lowest BCUT2D eigenvalue weighted by atomic mass is 10.1. The number of ether oxygens (including phenoxy) is 1. The molecule has 0 saturated carbocycles. The zero-order valence-corrected chi connectivity index (χ0v) is 10.6. The molecule has 2 rings (SSSR count). The lowest BCUT2D eigenvalue weighted by Crippen LogP contribution is -2.25. The summed E-state index contributed by atoms with van der Waals surface area (Å²) in [6.45, 7) is 0.539. The van der Waals surface area contributed by atoms with Gasteiger partial charge < -0.3 is 4.74 Å². The average molecular weight is 248 g/mol. The molecule has 0 unspecified atom stereocenters. The molecule has 1 N–H and O–H groups in total. The van der Waals surface area contributed by atoms with Crippen molar-refractivity contribution in [2.75, 3.05) is 13.8 Å². The first kappa shape index (κ1) is 12.2. The van der Waals surface area contributed by atoms with Crippen molar-refractivity contribution < 1.29 is 4.74 Å². The Morgan fingerprint density at radius 1 is 1.35 bits per heavy atom. The highest BCUT2D eigenvalue weighted by molar-refractivity contribution is 7.09. The number of hydrogen-bond donors (Lipinski definition) is 1. The molecule has 0 aliphatic rings. The van der Waals surface area contributed by atoms with Crippen molar-refractivity contribution >= 4 is 11.3 Å². The summed E-state index contributed by atoms with van der Waals surface area (Å²) in [6, 6.07) is 10.6. The molecule has 0 aliphatic carbocycles. The van der Waals surface area contributed by atoms with Gasteiger partial charge in [0, 0.05) is 18.7 Å². The number of hydrogen-bond acceptors (Lipinski definition) is 4. The molecule has 0 radical (unpaired) electrons. The highest BCUT2D eigenvalue weighted by Gasteiger charge is 2.13. The fourth-order valence-electron chi connectivity index (χ4n) is 1.69.